The molecule has 0 aromatic carbocycles. The van der Waals surface area contributed by atoms with Crippen LogP contribution >= 0.6 is 11.3 Å². The molecule has 6 heteroatoms. The molecule has 0 bridgehead atoms. The monoisotopic (exact) mass is 299 g/mol. The van der Waals surface area contributed by atoms with E-state index in [1.807, 2.05) is 31.4 Å². The molecule has 5 nitrogen and oxygen atoms in total. The number of carbonyl (C=O) groups is 2. The van der Waals surface area contributed by atoms with Gasteiger partial charge in [0.2, 0.25) is 0 Å². The van der Waals surface area contributed by atoms with Crippen LogP contribution in [0.2, 0.25) is 0 Å². The number of esters is 1. The molecule has 0 fully saturated rings. The van der Waals surface area contributed by atoms with E-state index >= 15 is 0 Å². The number of hydrogen-bond acceptors (Lipinski definition) is 4. The zero-order chi connectivity index (χ0) is 15.1. The van der Waals surface area contributed by atoms with Gasteiger partial charge in [-0.3, -0.25) is 4.79 Å². The molecule has 1 N–H and O–H groups in total. The molecule has 0 radical (unpaired) electrons. The molecule has 0 saturated heterocycles. The van der Waals surface area contributed by atoms with E-state index in [0.717, 1.165) is 4.88 Å². The fourth-order valence-corrected chi connectivity index (χ4v) is 2.70. The predicted molar refractivity (Wildman–Crippen MR) is 77.9 cm³/mol. The summed E-state index contributed by atoms with van der Waals surface area (Å²) >= 11 is 1.50. The van der Waals surface area contributed by atoms with Gasteiger partial charge >= 0.3 is 12.1 Å². The number of amides is 1. The van der Waals surface area contributed by atoms with Crippen molar-refractivity contribution in [1.82, 2.24) is 4.90 Å². The lowest BCUT2D eigenvalue weighted by Crippen LogP contribution is -2.34. The number of carboxylic acid groups (broad SMARTS) is 1. The predicted octanol–water partition coefficient (Wildman–Crippen LogP) is 3.38. The van der Waals surface area contributed by atoms with Crippen molar-refractivity contribution < 1.29 is 19.4 Å². The van der Waals surface area contributed by atoms with Crippen LogP contribution in [0.1, 0.15) is 38.2 Å². The number of ether oxygens (including phenoxy) is 1. The molecule has 0 aliphatic heterocycles. The highest BCUT2D eigenvalue weighted by molar-refractivity contribution is 7.10. The van der Waals surface area contributed by atoms with Crippen LogP contribution in [0.15, 0.2) is 17.5 Å². The Labute approximate surface area is 123 Å². The van der Waals surface area contributed by atoms with E-state index in [1.54, 1.807) is 0 Å². The van der Waals surface area contributed by atoms with Gasteiger partial charge in [-0.25, -0.2) is 4.79 Å². The second-order valence-electron chi connectivity index (χ2n) is 5.02. The lowest BCUT2D eigenvalue weighted by Gasteiger charge is -2.23. The fourth-order valence-electron chi connectivity index (χ4n) is 1.91. The molecular formula is C14H21NO4S. The molecule has 1 aromatic rings. The third-order valence-electron chi connectivity index (χ3n) is 2.69. The van der Waals surface area contributed by atoms with Crippen LogP contribution in [0.3, 0.4) is 0 Å². The van der Waals surface area contributed by atoms with Gasteiger partial charge in [0, 0.05) is 31.3 Å². The number of carbonyl (C=O) groups excluding carboxylic acids is 1. The fraction of sp³-hybridized carbons (Fsp3) is 0.571. The van der Waals surface area contributed by atoms with Crippen LogP contribution in [0, 0.1) is 5.92 Å². The maximum Gasteiger partial charge on any atom is 0.407 e. The van der Waals surface area contributed by atoms with Gasteiger partial charge in [-0.05, 0) is 17.4 Å². The summed E-state index contributed by atoms with van der Waals surface area (Å²) in [6.45, 7) is 6.14. The lowest BCUT2D eigenvalue weighted by molar-refractivity contribution is -0.147. The van der Waals surface area contributed by atoms with Crippen LogP contribution in [0.4, 0.5) is 4.79 Å². The lowest BCUT2D eigenvalue weighted by atomic mass is 10.1. The van der Waals surface area contributed by atoms with Gasteiger partial charge in [0.25, 0.3) is 0 Å². The average Bonchev–Trinajstić information content (AvgIpc) is 2.85. The maximum atomic E-state index is 11.2. The van der Waals surface area contributed by atoms with E-state index in [4.69, 9.17) is 9.84 Å². The van der Waals surface area contributed by atoms with Gasteiger partial charge in [0.05, 0.1) is 0 Å². The molecule has 1 rings (SSSR count). The number of thiophene rings is 1. The molecule has 1 amide bonds. The average molecular weight is 299 g/mol. The molecule has 0 unspecified atom stereocenters. The Kier molecular flexibility index (Phi) is 6.51. The van der Waals surface area contributed by atoms with Crippen molar-refractivity contribution in [1.29, 1.82) is 0 Å². The molecule has 0 saturated carbocycles. The smallest absolute Gasteiger partial charge is 0.407 e. The Morgan fingerprint density at radius 3 is 2.60 bits per heavy atom. The maximum absolute atomic E-state index is 11.2. The Morgan fingerprint density at radius 1 is 1.45 bits per heavy atom. The Balaban J connectivity index is 2.65. The molecule has 1 heterocycles. The van der Waals surface area contributed by atoms with Crippen molar-refractivity contribution in [3.8, 4) is 0 Å². The Morgan fingerprint density at radius 2 is 2.15 bits per heavy atom. The van der Waals surface area contributed by atoms with Gasteiger partial charge in [-0.1, -0.05) is 19.9 Å². The molecule has 0 spiro atoms. The van der Waals surface area contributed by atoms with Gasteiger partial charge in [-0.15, -0.1) is 11.3 Å². The first-order valence-corrected chi connectivity index (χ1v) is 7.46. The highest BCUT2D eigenvalue weighted by atomic mass is 32.1. The van der Waals surface area contributed by atoms with E-state index in [1.165, 1.54) is 23.2 Å². The van der Waals surface area contributed by atoms with Gasteiger partial charge in [0.15, 0.2) is 0 Å². The van der Waals surface area contributed by atoms with Crippen molar-refractivity contribution in [2.45, 2.75) is 33.3 Å². The zero-order valence-electron chi connectivity index (χ0n) is 12.0. The summed E-state index contributed by atoms with van der Waals surface area (Å²) in [6.07, 6.45) is -0.841. The summed E-state index contributed by atoms with van der Waals surface area (Å²) in [5.41, 5.74) is 0. The Bertz CT molecular complexity index is 430. The number of hydrogen-bond donors (Lipinski definition) is 1. The van der Waals surface area contributed by atoms with E-state index in [0.29, 0.717) is 19.5 Å². The molecule has 1 aromatic heterocycles. The minimum absolute atomic E-state index is 0.264. The molecule has 0 aliphatic carbocycles. The quantitative estimate of drug-likeness (QED) is 0.784. The standard InChI is InChI=1S/C14H21NO4S/c1-10(2)9-15(14(17)18)7-6-12(19-11(3)16)13-5-4-8-20-13/h4-5,8,10,12H,6-7,9H2,1-3H3,(H,17,18)/t12-/m0/s1. The first-order chi connectivity index (χ1) is 9.40. The Hall–Kier alpha value is -1.56. The summed E-state index contributed by atoms with van der Waals surface area (Å²) in [5.74, 6) is -0.0888. The largest absolute Gasteiger partial charge is 0.465 e. The van der Waals surface area contributed by atoms with E-state index in [2.05, 4.69) is 0 Å². The molecule has 1 atom stereocenters. The van der Waals surface area contributed by atoms with E-state index in [9.17, 15) is 9.59 Å². The molecule has 20 heavy (non-hydrogen) atoms. The first-order valence-electron chi connectivity index (χ1n) is 6.58. The van der Waals surface area contributed by atoms with Crippen LogP contribution in [0.5, 0.6) is 0 Å². The summed E-state index contributed by atoms with van der Waals surface area (Å²) < 4.78 is 5.28. The van der Waals surface area contributed by atoms with Crippen molar-refractivity contribution in [3.05, 3.63) is 22.4 Å². The van der Waals surface area contributed by atoms with Crippen molar-refractivity contribution in [3.63, 3.8) is 0 Å². The van der Waals surface area contributed by atoms with Gasteiger partial charge in [-0.2, -0.15) is 0 Å². The topological polar surface area (TPSA) is 66.8 Å². The third kappa shape index (κ3) is 5.61. The van der Waals surface area contributed by atoms with Crippen LogP contribution in [-0.2, 0) is 9.53 Å². The van der Waals surface area contributed by atoms with Crippen molar-refractivity contribution in [2.75, 3.05) is 13.1 Å². The van der Waals surface area contributed by atoms with Crippen molar-refractivity contribution in [2.24, 2.45) is 5.92 Å². The molecule has 0 aliphatic rings. The van der Waals surface area contributed by atoms with E-state index in [-0.39, 0.29) is 18.0 Å². The normalized spacial score (nSPS) is 12.2. The van der Waals surface area contributed by atoms with Gasteiger partial charge in [0.1, 0.15) is 6.10 Å². The van der Waals surface area contributed by atoms with Crippen LogP contribution in [-0.4, -0.2) is 35.2 Å². The highest BCUT2D eigenvalue weighted by Gasteiger charge is 2.20. The summed E-state index contributed by atoms with van der Waals surface area (Å²) in [5, 5.41) is 11.1. The number of rotatable bonds is 7. The summed E-state index contributed by atoms with van der Waals surface area (Å²) in [6, 6.07) is 3.78. The van der Waals surface area contributed by atoms with Crippen LogP contribution < -0.4 is 0 Å². The molecular weight excluding hydrogens is 278 g/mol. The third-order valence-corrected chi connectivity index (χ3v) is 3.65. The minimum atomic E-state index is -0.938. The van der Waals surface area contributed by atoms with Gasteiger partial charge < -0.3 is 14.7 Å². The first kappa shape index (κ1) is 16.5. The summed E-state index contributed by atoms with van der Waals surface area (Å²) in [7, 11) is 0. The highest BCUT2D eigenvalue weighted by Crippen LogP contribution is 2.26. The second kappa shape index (κ2) is 7.89. The summed E-state index contributed by atoms with van der Waals surface area (Å²) in [4.78, 5) is 24.6. The molecule has 112 valence electrons. The zero-order valence-corrected chi connectivity index (χ0v) is 12.9. The van der Waals surface area contributed by atoms with Crippen molar-refractivity contribution >= 4 is 23.4 Å². The minimum Gasteiger partial charge on any atom is -0.465 e. The number of nitrogens with zero attached hydrogens (tertiary/aromatic N) is 1. The van der Waals surface area contributed by atoms with Crippen LogP contribution in [0.25, 0.3) is 0 Å². The SMILES string of the molecule is CC(=O)O[C@@H](CCN(CC(C)C)C(=O)O)c1cccs1. The van der Waals surface area contributed by atoms with E-state index < -0.39 is 6.09 Å². The second-order valence-corrected chi connectivity index (χ2v) is 6.00.